The minimum atomic E-state index is -0.962. The fourth-order valence-electron chi connectivity index (χ4n) is 2.93. The number of hydrogen-bond donors (Lipinski definition) is 3. The summed E-state index contributed by atoms with van der Waals surface area (Å²) in [7, 11) is 0. The van der Waals surface area contributed by atoms with E-state index in [4.69, 9.17) is 5.73 Å². The van der Waals surface area contributed by atoms with E-state index in [1.54, 1.807) is 22.9 Å². The summed E-state index contributed by atoms with van der Waals surface area (Å²) in [6, 6.07) is 6.54. The van der Waals surface area contributed by atoms with Gasteiger partial charge < -0.3 is 20.9 Å². The van der Waals surface area contributed by atoms with Crippen molar-refractivity contribution >= 4 is 28.1 Å². The molecule has 2 aromatic heterocycles. The summed E-state index contributed by atoms with van der Waals surface area (Å²) in [5.41, 5.74) is 4.62. The van der Waals surface area contributed by atoms with E-state index in [1.807, 2.05) is 19.9 Å². The van der Waals surface area contributed by atoms with E-state index in [9.17, 15) is 9.18 Å². The second kappa shape index (κ2) is 7.61. The molecule has 3 rings (SSSR count). The number of nitrogens with two attached hydrogens (primary N) is 1. The summed E-state index contributed by atoms with van der Waals surface area (Å²) < 4.78 is 31.3. The third-order valence-corrected chi connectivity index (χ3v) is 4.23. The highest BCUT2D eigenvalue weighted by molar-refractivity contribution is 5.94. The molecule has 0 fully saturated rings. The molecule has 8 heteroatoms. The Bertz CT molecular complexity index is 1020. The number of nitrogen functional groups attached to an aromatic ring is 1. The fourth-order valence-corrected chi connectivity index (χ4v) is 2.93. The SMILES string of the molecule is CC(C)n1ccc(=O)c2c(N)c(F)c(NCCNc3ccccn3)c(F)c21. The van der Waals surface area contributed by atoms with Gasteiger partial charge in [-0.3, -0.25) is 4.79 Å². The van der Waals surface area contributed by atoms with E-state index in [-0.39, 0.29) is 34.9 Å². The van der Waals surface area contributed by atoms with E-state index < -0.39 is 17.1 Å². The van der Waals surface area contributed by atoms with E-state index in [1.165, 1.54) is 12.3 Å². The van der Waals surface area contributed by atoms with E-state index in [2.05, 4.69) is 15.6 Å². The summed E-state index contributed by atoms with van der Waals surface area (Å²) in [5.74, 6) is -1.13. The first-order valence-corrected chi connectivity index (χ1v) is 8.62. The lowest BCUT2D eigenvalue weighted by Gasteiger charge is -2.19. The molecule has 0 saturated carbocycles. The van der Waals surface area contributed by atoms with Crippen LogP contribution >= 0.6 is 0 Å². The molecule has 27 heavy (non-hydrogen) atoms. The zero-order valence-corrected chi connectivity index (χ0v) is 15.1. The minimum Gasteiger partial charge on any atom is -0.396 e. The van der Waals surface area contributed by atoms with Crippen molar-refractivity contribution in [3.63, 3.8) is 0 Å². The number of hydrogen-bond acceptors (Lipinski definition) is 5. The summed E-state index contributed by atoms with van der Waals surface area (Å²) in [6.07, 6.45) is 3.13. The maximum atomic E-state index is 15.1. The van der Waals surface area contributed by atoms with Crippen LogP contribution in [-0.2, 0) is 0 Å². The van der Waals surface area contributed by atoms with Crippen LogP contribution in [0.5, 0.6) is 0 Å². The molecule has 0 aliphatic carbocycles. The summed E-state index contributed by atoms with van der Waals surface area (Å²) in [5, 5.41) is 5.63. The topological polar surface area (TPSA) is 85.0 Å². The Morgan fingerprint density at radius 3 is 2.56 bits per heavy atom. The maximum absolute atomic E-state index is 15.1. The molecule has 6 nitrogen and oxygen atoms in total. The lowest BCUT2D eigenvalue weighted by Crippen LogP contribution is -2.19. The monoisotopic (exact) mass is 373 g/mol. The van der Waals surface area contributed by atoms with Crippen molar-refractivity contribution in [2.75, 3.05) is 29.5 Å². The van der Waals surface area contributed by atoms with Crippen LogP contribution in [0.4, 0.5) is 26.0 Å². The number of nitrogens with zero attached hydrogens (tertiary/aromatic N) is 2. The number of aromatic nitrogens is 2. The largest absolute Gasteiger partial charge is 0.396 e. The molecule has 0 atom stereocenters. The summed E-state index contributed by atoms with van der Waals surface area (Å²) in [6.45, 7) is 4.30. The van der Waals surface area contributed by atoms with Crippen molar-refractivity contribution in [3.05, 3.63) is 58.5 Å². The number of rotatable bonds is 6. The number of benzene rings is 1. The van der Waals surface area contributed by atoms with Crippen LogP contribution in [0.25, 0.3) is 10.9 Å². The molecule has 0 saturated heterocycles. The summed E-state index contributed by atoms with van der Waals surface area (Å²) in [4.78, 5) is 16.3. The van der Waals surface area contributed by atoms with Crippen molar-refractivity contribution < 1.29 is 8.78 Å². The van der Waals surface area contributed by atoms with Crippen molar-refractivity contribution in [3.8, 4) is 0 Å². The first-order chi connectivity index (χ1) is 12.9. The number of fused-ring (bicyclic) bond motifs is 1. The van der Waals surface area contributed by atoms with Gasteiger partial charge in [-0.25, -0.2) is 13.8 Å². The molecule has 4 N–H and O–H groups in total. The van der Waals surface area contributed by atoms with Crippen LogP contribution in [0.3, 0.4) is 0 Å². The van der Waals surface area contributed by atoms with Gasteiger partial charge in [-0.15, -0.1) is 0 Å². The van der Waals surface area contributed by atoms with Crippen molar-refractivity contribution in [1.82, 2.24) is 9.55 Å². The van der Waals surface area contributed by atoms with Gasteiger partial charge in [0.25, 0.3) is 0 Å². The second-order valence-corrected chi connectivity index (χ2v) is 6.39. The molecule has 1 aromatic carbocycles. The van der Waals surface area contributed by atoms with Crippen LogP contribution in [0, 0.1) is 11.6 Å². The predicted molar refractivity (Wildman–Crippen MR) is 104 cm³/mol. The number of halogens is 2. The van der Waals surface area contributed by atoms with Gasteiger partial charge in [0.15, 0.2) is 17.1 Å². The maximum Gasteiger partial charge on any atom is 0.191 e. The lowest BCUT2D eigenvalue weighted by molar-refractivity contribution is 0.571. The predicted octanol–water partition coefficient (Wildman–Crippen LogP) is 3.36. The van der Waals surface area contributed by atoms with Gasteiger partial charge in [0.05, 0.1) is 16.6 Å². The smallest absolute Gasteiger partial charge is 0.191 e. The van der Waals surface area contributed by atoms with Crippen molar-refractivity contribution in [2.24, 2.45) is 0 Å². The Balaban J connectivity index is 1.93. The lowest BCUT2D eigenvalue weighted by atomic mass is 10.1. The van der Waals surface area contributed by atoms with Gasteiger partial charge in [-0.1, -0.05) is 6.07 Å². The number of nitrogens with one attached hydrogen (secondary N) is 2. The van der Waals surface area contributed by atoms with Crippen molar-refractivity contribution in [1.29, 1.82) is 0 Å². The third-order valence-electron chi connectivity index (χ3n) is 4.23. The molecule has 3 aromatic rings. The molecule has 0 bridgehead atoms. The number of anilines is 3. The fraction of sp³-hybridized carbons (Fsp3) is 0.263. The Morgan fingerprint density at radius 2 is 1.89 bits per heavy atom. The zero-order chi connectivity index (χ0) is 19.6. The van der Waals surface area contributed by atoms with Crippen LogP contribution in [0.1, 0.15) is 19.9 Å². The first kappa shape index (κ1) is 18.6. The first-order valence-electron chi connectivity index (χ1n) is 8.62. The Hall–Kier alpha value is -3.16. The minimum absolute atomic E-state index is 0.00316. The van der Waals surface area contributed by atoms with E-state index >= 15 is 4.39 Å². The van der Waals surface area contributed by atoms with Gasteiger partial charge in [0, 0.05) is 37.6 Å². The highest BCUT2D eigenvalue weighted by Gasteiger charge is 2.22. The Kier molecular flexibility index (Phi) is 5.25. The van der Waals surface area contributed by atoms with Gasteiger partial charge in [-0.05, 0) is 26.0 Å². The molecule has 0 spiro atoms. The van der Waals surface area contributed by atoms with Crippen LogP contribution in [0.15, 0.2) is 41.5 Å². The average Bonchev–Trinajstić information content (AvgIpc) is 2.66. The van der Waals surface area contributed by atoms with Crippen LogP contribution < -0.4 is 21.8 Å². The molecule has 142 valence electrons. The average molecular weight is 373 g/mol. The molecule has 0 aliphatic heterocycles. The second-order valence-electron chi connectivity index (χ2n) is 6.39. The normalized spacial score (nSPS) is 11.1. The van der Waals surface area contributed by atoms with E-state index in [0.717, 1.165) is 0 Å². The molecule has 0 amide bonds. The molecular formula is C19H21F2N5O. The molecule has 0 aliphatic rings. The van der Waals surface area contributed by atoms with E-state index in [0.29, 0.717) is 12.4 Å². The molecule has 2 heterocycles. The van der Waals surface area contributed by atoms with Gasteiger partial charge in [0.1, 0.15) is 11.5 Å². The Labute approximate surface area is 155 Å². The molecule has 0 radical (unpaired) electrons. The Morgan fingerprint density at radius 1 is 1.15 bits per heavy atom. The third kappa shape index (κ3) is 3.55. The highest BCUT2D eigenvalue weighted by atomic mass is 19.1. The van der Waals surface area contributed by atoms with Gasteiger partial charge >= 0.3 is 0 Å². The molecule has 0 unspecified atom stereocenters. The highest BCUT2D eigenvalue weighted by Crippen LogP contribution is 2.33. The summed E-state index contributed by atoms with van der Waals surface area (Å²) >= 11 is 0. The van der Waals surface area contributed by atoms with Gasteiger partial charge in [0.2, 0.25) is 0 Å². The van der Waals surface area contributed by atoms with Gasteiger partial charge in [-0.2, -0.15) is 0 Å². The van der Waals surface area contributed by atoms with Crippen LogP contribution in [-0.4, -0.2) is 22.6 Å². The quantitative estimate of drug-likeness (QED) is 0.456. The zero-order valence-electron chi connectivity index (χ0n) is 15.1. The van der Waals surface area contributed by atoms with Crippen LogP contribution in [0.2, 0.25) is 0 Å². The van der Waals surface area contributed by atoms with Crippen molar-refractivity contribution in [2.45, 2.75) is 19.9 Å². The number of pyridine rings is 2. The standard InChI is InChI=1S/C19H21F2N5O/c1-11(2)26-10-6-12(27)14-17(22)15(20)18(16(21)19(14)26)25-9-8-24-13-5-3-4-7-23-13/h3-7,10-11,25H,8-9,22H2,1-2H3,(H,23,24). The molecular weight excluding hydrogens is 352 g/mol.